The normalized spacial score (nSPS) is 17.4. The molecule has 0 aliphatic carbocycles. The summed E-state index contributed by atoms with van der Waals surface area (Å²) in [4.78, 5) is 26.7. The van der Waals surface area contributed by atoms with Gasteiger partial charge in [-0.25, -0.2) is 0 Å². The lowest BCUT2D eigenvalue weighted by molar-refractivity contribution is -0.132. The van der Waals surface area contributed by atoms with Gasteiger partial charge in [0.15, 0.2) is 0 Å². The first kappa shape index (κ1) is 15.5. The molecule has 1 unspecified atom stereocenters. The van der Waals surface area contributed by atoms with Crippen molar-refractivity contribution in [3.8, 4) is 0 Å². The smallest absolute Gasteiger partial charge is 0.262 e. The molecule has 1 fully saturated rings. The number of carbonyl (C=O) groups is 2. The van der Waals surface area contributed by atoms with Crippen LogP contribution in [-0.4, -0.2) is 48.9 Å². The van der Waals surface area contributed by atoms with E-state index in [1.54, 1.807) is 13.0 Å². The maximum Gasteiger partial charge on any atom is 0.262 e. The van der Waals surface area contributed by atoms with Gasteiger partial charge in [0.05, 0.1) is 8.66 Å². The molecule has 1 aliphatic rings. The van der Waals surface area contributed by atoms with Crippen molar-refractivity contribution >= 4 is 39.1 Å². The van der Waals surface area contributed by atoms with Crippen LogP contribution in [0.25, 0.3) is 0 Å². The van der Waals surface area contributed by atoms with Gasteiger partial charge in [-0.1, -0.05) is 0 Å². The van der Waals surface area contributed by atoms with Crippen molar-refractivity contribution in [3.05, 3.63) is 20.8 Å². The van der Waals surface area contributed by atoms with E-state index in [1.807, 2.05) is 11.0 Å². The average Bonchev–Trinajstić information content (AvgIpc) is 2.70. The Balaban J connectivity index is 1.91. The van der Waals surface area contributed by atoms with E-state index in [0.717, 1.165) is 29.8 Å². The first-order valence-electron chi connectivity index (χ1n) is 6.63. The molecule has 0 bridgehead atoms. The molecule has 2 amide bonds. The molecule has 0 aromatic carbocycles. The fraction of sp³-hybridized carbons (Fsp3) is 0.538. The third-order valence-corrected chi connectivity index (χ3v) is 4.79. The lowest BCUT2D eigenvalue weighted by atomic mass is 10.2. The summed E-state index contributed by atoms with van der Waals surface area (Å²) >= 11 is 4.68. The standard InChI is InChI=1S/C13H18BrN3O2S/c1-9(13(19)17-7-2-5-15-6-8-17)16-12(18)10-3-4-11(14)20-10/h3-4,9,15H,2,5-8H2,1H3,(H,16,18). The van der Waals surface area contributed by atoms with E-state index in [2.05, 4.69) is 26.6 Å². The first-order chi connectivity index (χ1) is 9.58. The van der Waals surface area contributed by atoms with Crippen LogP contribution >= 0.6 is 27.3 Å². The molecule has 1 aromatic rings. The molecule has 7 heteroatoms. The Morgan fingerprint density at radius 3 is 2.90 bits per heavy atom. The molecular formula is C13H18BrN3O2S. The predicted molar refractivity (Wildman–Crippen MR) is 83.0 cm³/mol. The predicted octanol–water partition coefficient (Wildman–Crippen LogP) is 1.45. The number of hydrogen-bond donors (Lipinski definition) is 2. The van der Waals surface area contributed by atoms with Gasteiger partial charge < -0.3 is 15.5 Å². The van der Waals surface area contributed by atoms with Gasteiger partial charge in [-0.3, -0.25) is 9.59 Å². The molecule has 5 nitrogen and oxygen atoms in total. The van der Waals surface area contributed by atoms with Crippen molar-refractivity contribution in [3.63, 3.8) is 0 Å². The second-order valence-corrected chi connectivity index (χ2v) is 7.19. The first-order valence-corrected chi connectivity index (χ1v) is 8.24. The Kier molecular flexibility index (Phi) is 5.56. The molecule has 2 heterocycles. The van der Waals surface area contributed by atoms with E-state index in [4.69, 9.17) is 0 Å². The Hall–Kier alpha value is -0.920. The lowest BCUT2D eigenvalue weighted by Gasteiger charge is -2.24. The average molecular weight is 360 g/mol. The van der Waals surface area contributed by atoms with Crippen LogP contribution in [-0.2, 0) is 4.79 Å². The summed E-state index contributed by atoms with van der Waals surface area (Å²) in [5.74, 6) is -0.216. The molecule has 1 aromatic heterocycles. The Labute approximate surface area is 130 Å². The summed E-state index contributed by atoms with van der Waals surface area (Å²) in [6.07, 6.45) is 0.949. The minimum atomic E-state index is -0.499. The zero-order valence-electron chi connectivity index (χ0n) is 11.3. The molecule has 0 radical (unpaired) electrons. The minimum absolute atomic E-state index is 0.0160. The van der Waals surface area contributed by atoms with Gasteiger partial charge in [0, 0.05) is 19.6 Å². The fourth-order valence-electron chi connectivity index (χ4n) is 2.11. The number of thiophene rings is 1. The van der Waals surface area contributed by atoms with Gasteiger partial charge in [-0.15, -0.1) is 11.3 Å². The highest BCUT2D eigenvalue weighted by Crippen LogP contribution is 2.21. The molecule has 0 spiro atoms. The third kappa shape index (κ3) is 4.04. The molecule has 2 rings (SSSR count). The number of amides is 2. The largest absolute Gasteiger partial charge is 0.340 e. The van der Waals surface area contributed by atoms with Crippen LogP contribution in [0.5, 0.6) is 0 Å². The minimum Gasteiger partial charge on any atom is -0.340 e. The summed E-state index contributed by atoms with van der Waals surface area (Å²) in [5.41, 5.74) is 0. The summed E-state index contributed by atoms with van der Waals surface area (Å²) in [6.45, 7) is 4.93. The topological polar surface area (TPSA) is 61.4 Å². The summed E-state index contributed by atoms with van der Waals surface area (Å²) in [5, 5.41) is 6.02. The highest BCUT2D eigenvalue weighted by Gasteiger charge is 2.23. The van der Waals surface area contributed by atoms with Crippen molar-refractivity contribution in [1.29, 1.82) is 0 Å². The molecule has 1 atom stereocenters. The maximum atomic E-state index is 12.3. The van der Waals surface area contributed by atoms with Gasteiger partial charge in [0.25, 0.3) is 5.91 Å². The zero-order chi connectivity index (χ0) is 14.5. The molecule has 1 saturated heterocycles. The Morgan fingerprint density at radius 1 is 1.40 bits per heavy atom. The van der Waals surface area contributed by atoms with Gasteiger partial charge in [0.1, 0.15) is 6.04 Å². The van der Waals surface area contributed by atoms with E-state index in [1.165, 1.54) is 11.3 Å². The SMILES string of the molecule is CC(NC(=O)c1ccc(Br)s1)C(=O)N1CCCNCC1. The number of rotatable bonds is 3. The molecule has 110 valence electrons. The highest BCUT2D eigenvalue weighted by atomic mass is 79.9. The number of nitrogens with zero attached hydrogens (tertiary/aromatic N) is 1. The van der Waals surface area contributed by atoms with E-state index < -0.39 is 6.04 Å². The van der Waals surface area contributed by atoms with Crippen molar-refractivity contribution < 1.29 is 9.59 Å². The fourth-order valence-corrected chi connectivity index (χ4v) is 3.40. The van der Waals surface area contributed by atoms with Crippen molar-refractivity contribution in [2.24, 2.45) is 0 Å². The van der Waals surface area contributed by atoms with Crippen LogP contribution in [0.1, 0.15) is 23.0 Å². The van der Waals surface area contributed by atoms with E-state index in [-0.39, 0.29) is 11.8 Å². The molecule has 20 heavy (non-hydrogen) atoms. The quantitative estimate of drug-likeness (QED) is 0.858. The highest BCUT2D eigenvalue weighted by molar-refractivity contribution is 9.11. The number of nitrogens with one attached hydrogen (secondary N) is 2. The van der Waals surface area contributed by atoms with E-state index >= 15 is 0 Å². The van der Waals surface area contributed by atoms with Gasteiger partial charge in [0.2, 0.25) is 5.91 Å². The zero-order valence-corrected chi connectivity index (χ0v) is 13.7. The van der Waals surface area contributed by atoms with Crippen LogP contribution in [0.3, 0.4) is 0 Å². The molecule has 0 saturated carbocycles. The Morgan fingerprint density at radius 2 is 2.20 bits per heavy atom. The van der Waals surface area contributed by atoms with Crippen LogP contribution in [0.4, 0.5) is 0 Å². The molecule has 2 N–H and O–H groups in total. The van der Waals surface area contributed by atoms with Gasteiger partial charge in [-0.05, 0) is 48.0 Å². The van der Waals surface area contributed by atoms with Crippen molar-refractivity contribution in [2.75, 3.05) is 26.2 Å². The number of halogens is 1. The van der Waals surface area contributed by atoms with E-state index in [0.29, 0.717) is 11.4 Å². The van der Waals surface area contributed by atoms with Crippen LogP contribution in [0.15, 0.2) is 15.9 Å². The number of hydrogen-bond acceptors (Lipinski definition) is 4. The van der Waals surface area contributed by atoms with Crippen molar-refractivity contribution in [1.82, 2.24) is 15.5 Å². The van der Waals surface area contributed by atoms with E-state index in [9.17, 15) is 9.59 Å². The summed E-state index contributed by atoms with van der Waals surface area (Å²) < 4.78 is 0.903. The van der Waals surface area contributed by atoms with Crippen LogP contribution in [0, 0.1) is 0 Å². The summed E-state index contributed by atoms with van der Waals surface area (Å²) in [7, 11) is 0. The second kappa shape index (κ2) is 7.19. The van der Waals surface area contributed by atoms with Gasteiger partial charge >= 0.3 is 0 Å². The lowest BCUT2D eigenvalue weighted by Crippen LogP contribution is -2.47. The Bertz CT molecular complexity index is 484. The monoisotopic (exact) mass is 359 g/mol. The van der Waals surface area contributed by atoms with Crippen LogP contribution < -0.4 is 10.6 Å². The third-order valence-electron chi connectivity index (χ3n) is 3.17. The second-order valence-electron chi connectivity index (χ2n) is 4.73. The molecule has 1 aliphatic heterocycles. The number of carbonyl (C=O) groups excluding carboxylic acids is 2. The van der Waals surface area contributed by atoms with Crippen LogP contribution in [0.2, 0.25) is 0 Å². The van der Waals surface area contributed by atoms with Crippen molar-refractivity contribution in [2.45, 2.75) is 19.4 Å². The maximum absolute atomic E-state index is 12.3. The molecular weight excluding hydrogens is 342 g/mol. The van der Waals surface area contributed by atoms with Gasteiger partial charge in [-0.2, -0.15) is 0 Å². The summed E-state index contributed by atoms with van der Waals surface area (Å²) in [6, 6.07) is 3.07.